The lowest BCUT2D eigenvalue weighted by atomic mass is 9.95. The van der Waals surface area contributed by atoms with Crippen molar-refractivity contribution in [1.29, 1.82) is 5.26 Å². The average molecular weight is 751 g/mol. The van der Waals surface area contributed by atoms with Crippen LogP contribution < -0.4 is 15.4 Å². The molecule has 3 aliphatic rings. The number of hydrogen-bond acceptors (Lipinski definition) is 11. The van der Waals surface area contributed by atoms with E-state index in [0.717, 1.165) is 30.7 Å². The van der Waals surface area contributed by atoms with Crippen molar-refractivity contribution in [3.63, 3.8) is 0 Å². The molecule has 6 heterocycles. The van der Waals surface area contributed by atoms with Gasteiger partial charge in [0.05, 0.1) is 32.4 Å². The fourth-order valence-electron chi connectivity index (χ4n) is 8.00. The van der Waals surface area contributed by atoms with E-state index < -0.39 is 23.3 Å². The zero-order valence-electron chi connectivity index (χ0n) is 28.2. The van der Waals surface area contributed by atoms with E-state index in [2.05, 4.69) is 15.0 Å². The first kappa shape index (κ1) is 34.4. The summed E-state index contributed by atoms with van der Waals surface area (Å²) in [6.45, 7) is 2.11. The summed E-state index contributed by atoms with van der Waals surface area (Å²) in [5.41, 5.74) is 6.28. The molecule has 270 valence electrons. The number of anilines is 2. The Labute approximate surface area is 305 Å². The molecule has 0 bridgehead atoms. The van der Waals surface area contributed by atoms with E-state index in [9.17, 15) is 18.8 Å². The summed E-state index contributed by atoms with van der Waals surface area (Å²) in [4.78, 5) is 26.3. The number of rotatable bonds is 8. The molecule has 2 aromatic carbocycles. The maximum Gasteiger partial charge on any atom is 0.319 e. The van der Waals surface area contributed by atoms with Gasteiger partial charge < -0.3 is 20.1 Å². The fourth-order valence-corrected chi connectivity index (χ4v) is 9.24. The van der Waals surface area contributed by atoms with Gasteiger partial charge in [-0.25, -0.2) is 13.2 Å². The number of ether oxygens (including phenoxy) is 2. The molecule has 2 N–H and O–H groups in total. The normalized spacial score (nSPS) is 20.8. The van der Waals surface area contributed by atoms with Crippen LogP contribution in [0.15, 0.2) is 30.5 Å². The highest BCUT2D eigenvalue weighted by Gasteiger charge is 2.49. The minimum atomic E-state index is -0.965. The molecule has 0 radical (unpaired) electrons. The molecule has 0 amide bonds. The quantitative estimate of drug-likeness (QED) is 0.174. The number of carbonyl (C=O) groups is 1. The average Bonchev–Trinajstić information content (AvgIpc) is 3.89. The van der Waals surface area contributed by atoms with Gasteiger partial charge in [0.15, 0.2) is 5.82 Å². The molecule has 3 fully saturated rings. The number of nitrogens with zero attached hydrogens (tertiary/aromatic N) is 7. The molecule has 3 saturated heterocycles. The maximum absolute atomic E-state index is 17.0. The highest BCUT2D eigenvalue weighted by molar-refractivity contribution is 7.23. The molecule has 3 aromatic heterocycles. The topological polar surface area (TPSA) is 135 Å². The van der Waals surface area contributed by atoms with E-state index in [1.807, 2.05) is 11.0 Å². The van der Waals surface area contributed by atoms with Gasteiger partial charge in [-0.3, -0.25) is 14.4 Å². The lowest BCUT2D eigenvalue weighted by molar-refractivity contribution is -0.150. The molecule has 0 aliphatic carbocycles. The number of aryl methyl sites for hydroxylation is 1. The fraction of sp³-hybridized carbons (Fsp3) is 0.417. The van der Waals surface area contributed by atoms with Crippen LogP contribution in [-0.4, -0.2) is 75.1 Å². The van der Waals surface area contributed by atoms with Gasteiger partial charge in [-0.15, -0.1) is 11.3 Å². The van der Waals surface area contributed by atoms with Crippen molar-refractivity contribution < 1.29 is 27.4 Å². The minimum absolute atomic E-state index is 0.00139. The zero-order valence-corrected chi connectivity index (χ0v) is 29.7. The molecule has 11 nitrogen and oxygen atoms in total. The third-order valence-electron chi connectivity index (χ3n) is 10.5. The number of nitriles is 1. The van der Waals surface area contributed by atoms with E-state index >= 15 is 4.39 Å². The summed E-state index contributed by atoms with van der Waals surface area (Å²) in [6.07, 6.45) is 3.73. The van der Waals surface area contributed by atoms with Crippen molar-refractivity contribution in [2.45, 2.75) is 50.4 Å². The highest BCUT2D eigenvalue weighted by atomic mass is 35.5. The molecule has 5 aromatic rings. The van der Waals surface area contributed by atoms with Crippen LogP contribution in [-0.2, 0) is 23.2 Å². The second kappa shape index (κ2) is 13.4. The number of aromatic nitrogens is 4. The van der Waals surface area contributed by atoms with Gasteiger partial charge in [0, 0.05) is 55.6 Å². The Kier molecular flexibility index (Phi) is 8.87. The first-order valence-corrected chi connectivity index (χ1v) is 18.3. The van der Waals surface area contributed by atoms with E-state index in [4.69, 9.17) is 31.8 Å². The Bertz CT molecular complexity index is 2270. The molecule has 16 heteroatoms. The van der Waals surface area contributed by atoms with Crippen LogP contribution >= 0.6 is 22.9 Å². The molecule has 8 rings (SSSR count). The van der Waals surface area contributed by atoms with Crippen molar-refractivity contribution in [1.82, 2.24) is 24.6 Å². The van der Waals surface area contributed by atoms with Crippen LogP contribution in [0.4, 0.5) is 24.0 Å². The molecular formula is C36H34ClF3N8O3S. The Morgan fingerprint density at radius 1 is 1.21 bits per heavy atom. The number of alkyl halides is 1. The van der Waals surface area contributed by atoms with Crippen molar-refractivity contribution in [3.8, 4) is 23.2 Å². The van der Waals surface area contributed by atoms with Crippen LogP contribution in [0, 0.1) is 28.9 Å². The molecule has 0 spiro atoms. The predicted octanol–water partition coefficient (Wildman–Crippen LogP) is 6.55. The van der Waals surface area contributed by atoms with Gasteiger partial charge >= 0.3 is 12.0 Å². The Balaban J connectivity index is 1.16. The monoisotopic (exact) mass is 750 g/mol. The predicted molar refractivity (Wildman–Crippen MR) is 191 cm³/mol. The molecule has 2 atom stereocenters. The SMILES string of the molecule is Cn1ccc(COC(=O)C2CCN(c3nc(OC[C@@]45CCCN4C[C@H](F)C5)nc4c(F)c(-c5ccc(F)c6sc(N)c(C#N)c56)c(Cl)cc34)CC2)n1. The van der Waals surface area contributed by atoms with Gasteiger partial charge in [0.2, 0.25) is 0 Å². The summed E-state index contributed by atoms with van der Waals surface area (Å²) in [6, 6.07) is 7.84. The number of fused-ring (bicyclic) bond motifs is 3. The minimum Gasteiger partial charge on any atom is -0.461 e. The maximum atomic E-state index is 17.0. The Hall–Kier alpha value is -4.65. The van der Waals surface area contributed by atoms with Gasteiger partial charge in [-0.05, 0) is 56.0 Å². The highest BCUT2D eigenvalue weighted by Crippen LogP contribution is 2.46. The van der Waals surface area contributed by atoms with Crippen LogP contribution in [0.1, 0.15) is 43.4 Å². The molecule has 0 saturated carbocycles. The summed E-state index contributed by atoms with van der Waals surface area (Å²) in [7, 11) is 1.79. The Morgan fingerprint density at radius 2 is 2.02 bits per heavy atom. The summed E-state index contributed by atoms with van der Waals surface area (Å²) < 4.78 is 60.0. The van der Waals surface area contributed by atoms with Gasteiger partial charge in [-0.1, -0.05) is 17.7 Å². The first-order valence-electron chi connectivity index (χ1n) is 17.1. The molecular weight excluding hydrogens is 717 g/mol. The number of piperidine rings is 1. The van der Waals surface area contributed by atoms with E-state index in [1.165, 1.54) is 12.1 Å². The van der Waals surface area contributed by atoms with Crippen LogP contribution in [0.2, 0.25) is 5.02 Å². The summed E-state index contributed by atoms with van der Waals surface area (Å²) in [5, 5.41) is 14.7. The number of hydrogen-bond donors (Lipinski definition) is 1. The third-order valence-corrected chi connectivity index (χ3v) is 11.9. The number of benzene rings is 2. The van der Waals surface area contributed by atoms with Crippen molar-refractivity contribution >= 4 is 60.7 Å². The lowest BCUT2D eigenvalue weighted by Gasteiger charge is -2.33. The van der Waals surface area contributed by atoms with Crippen molar-refractivity contribution in [3.05, 3.63) is 58.4 Å². The first-order chi connectivity index (χ1) is 25.0. The van der Waals surface area contributed by atoms with Crippen molar-refractivity contribution in [2.24, 2.45) is 13.0 Å². The summed E-state index contributed by atoms with van der Waals surface area (Å²) >= 11 is 7.75. The number of carbonyl (C=O) groups excluding carboxylic acids is 1. The molecule has 3 aliphatic heterocycles. The van der Waals surface area contributed by atoms with Crippen LogP contribution in [0.3, 0.4) is 0 Å². The van der Waals surface area contributed by atoms with Crippen molar-refractivity contribution in [2.75, 3.05) is 43.4 Å². The third kappa shape index (κ3) is 5.96. The lowest BCUT2D eigenvalue weighted by Crippen LogP contribution is -2.43. The van der Waals surface area contributed by atoms with Gasteiger partial charge in [0.25, 0.3) is 0 Å². The van der Waals surface area contributed by atoms with Gasteiger partial charge in [0.1, 0.15) is 47.6 Å². The Morgan fingerprint density at radius 3 is 2.77 bits per heavy atom. The van der Waals surface area contributed by atoms with E-state index in [1.54, 1.807) is 30.1 Å². The smallest absolute Gasteiger partial charge is 0.319 e. The van der Waals surface area contributed by atoms with E-state index in [-0.39, 0.29) is 73.4 Å². The van der Waals surface area contributed by atoms with Gasteiger partial charge in [-0.2, -0.15) is 20.3 Å². The second-order valence-electron chi connectivity index (χ2n) is 13.7. The van der Waals surface area contributed by atoms with Crippen LogP contribution in [0.25, 0.3) is 32.1 Å². The number of halogens is 4. The molecule has 52 heavy (non-hydrogen) atoms. The molecule has 0 unspecified atom stereocenters. The van der Waals surface area contributed by atoms with Crippen LogP contribution in [0.5, 0.6) is 6.01 Å². The number of nitrogen functional groups attached to an aromatic ring is 1. The number of nitrogens with two attached hydrogens (primary N) is 1. The standard InChI is InChI=1S/C36H34ClF3N8O3S/c1-46-10-7-21(45-46)17-50-34(49)19-5-11-47(12-6-19)33-23-13-25(37)28(22-3-4-26(39)31-27(22)24(15-41)32(42)52-31)29(40)30(23)43-35(44-33)51-18-36-8-2-9-48(36)16-20(38)14-36/h3-4,7,10,13,19-20H,2,5-6,8-9,11-12,14,16-18,42H2,1H3/t20-,36+/m1/s1. The zero-order chi connectivity index (χ0) is 36.3. The summed E-state index contributed by atoms with van der Waals surface area (Å²) in [5.74, 6) is -1.71. The number of thiophene rings is 1. The number of esters is 1. The second-order valence-corrected chi connectivity index (χ2v) is 15.2. The van der Waals surface area contributed by atoms with E-state index in [0.29, 0.717) is 55.8 Å². The largest absolute Gasteiger partial charge is 0.461 e.